The van der Waals surface area contributed by atoms with Gasteiger partial charge in [-0.15, -0.1) is 22.7 Å². The maximum Gasteiger partial charge on any atom is 0.268 e. The molecule has 0 aliphatic rings. The highest BCUT2D eigenvalue weighted by Gasteiger charge is 2.17. The Bertz CT molecular complexity index is 864. The van der Waals surface area contributed by atoms with Crippen LogP contribution in [-0.2, 0) is 6.54 Å². The van der Waals surface area contributed by atoms with E-state index in [-0.39, 0.29) is 18.0 Å². The second-order valence-corrected chi connectivity index (χ2v) is 6.35. The van der Waals surface area contributed by atoms with Gasteiger partial charge >= 0.3 is 0 Å². The van der Waals surface area contributed by atoms with Crippen molar-refractivity contribution in [3.8, 4) is 0 Å². The van der Waals surface area contributed by atoms with Crippen molar-refractivity contribution >= 4 is 44.5 Å². The zero-order valence-electron chi connectivity index (χ0n) is 11.1. The van der Waals surface area contributed by atoms with Crippen LogP contribution < -0.4 is 11.3 Å². The number of amides is 1. The van der Waals surface area contributed by atoms with Gasteiger partial charge in [0.2, 0.25) is 0 Å². The van der Waals surface area contributed by atoms with E-state index in [4.69, 9.17) is 5.73 Å². The summed E-state index contributed by atoms with van der Waals surface area (Å²) >= 11 is 2.64. The number of hydrogen-bond acceptors (Lipinski definition) is 6. The molecule has 3 N–H and O–H groups in total. The number of nitrogens with one attached hydrogen (secondary N) is 1. The molecule has 0 aliphatic carbocycles. The Morgan fingerprint density at radius 3 is 2.86 bits per heavy atom. The zero-order chi connectivity index (χ0) is 15.0. The lowest BCUT2D eigenvalue weighted by atomic mass is 10.3. The van der Waals surface area contributed by atoms with Crippen LogP contribution >= 0.6 is 22.7 Å². The molecule has 6 nitrogen and oxygen atoms in total. The molecule has 8 heteroatoms. The third-order valence-electron chi connectivity index (χ3n) is 2.99. The predicted molar refractivity (Wildman–Crippen MR) is 84.8 cm³/mol. The molecule has 0 atom stereocenters. The molecule has 21 heavy (non-hydrogen) atoms. The monoisotopic (exact) mass is 320 g/mol. The Morgan fingerprint density at radius 2 is 2.14 bits per heavy atom. The molecule has 3 rings (SSSR count). The fraction of sp³-hybridized carbons (Fsp3) is 0.154. The number of hydrogen-bond donors (Lipinski definition) is 2. The van der Waals surface area contributed by atoms with E-state index in [1.807, 2.05) is 5.38 Å². The first-order valence-electron chi connectivity index (χ1n) is 6.11. The van der Waals surface area contributed by atoms with Crippen molar-refractivity contribution in [2.45, 2.75) is 6.54 Å². The fourth-order valence-corrected chi connectivity index (χ4v) is 3.50. The minimum absolute atomic E-state index is 0.179. The number of fused-ring (bicyclic) bond motifs is 1. The van der Waals surface area contributed by atoms with E-state index in [1.165, 1.54) is 27.6 Å². The first-order valence-corrected chi connectivity index (χ1v) is 7.87. The van der Waals surface area contributed by atoms with Crippen molar-refractivity contribution in [2.75, 3.05) is 12.8 Å². The van der Waals surface area contributed by atoms with Crippen LogP contribution in [0.15, 0.2) is 27.7 Å². The van der Waals surface area contributed by atoms with Gasteiger partial charge in [-0.3, -0.25) is 9.59 Å². The zero-order valence-corrected chi connectivity index (χ0v) is 12.8. The Labute approximate surface area is 127 Å². The summed E-state index contributed by atoms with van der Waals surface area (Å²) in [4.78, 5) is 33.2. The molecule has 0 aliphatic heterocycles. The summed E-state index contributed by atoms with van der Waals surface area (Å²) in [6.07, 6.45) is 0. The van der Waals surface area contributed by atoms with Crippen molar-refractivity contribution < 1.29 is 4.79 Å². The number of thiophene rings is 2. The van der Waals surface area contributed by atoms with Crippen LogP contribution in [0.4, 0.5) is 5.69 Å². The van der Waals surface area contributed by atoms with Crippen LogP contribution in [0.5, 0.6) is 0 Å². The van der Waals surface area contributed by atoms with Crippen LogP contribution in [0.25, 0.3) is 10.2 Å². The van der Waals surface area contributed by atoms with Gasteiger partial charge in [-0.1, -0.05) is 0 Å². The van der Waals surface area contributed by atoms with Gasteiger partial charge in [0.15, 0.2) is 0 Å². The number of anilines is 1. The molecular weight excluding hydrogens is 308 g/mol. The number of H-pyrrole nitrogens is 1. The average Bonchev–Trinajstić information content (AvgIpc) is 3.06. The summed E-state index contributed by atoms with van der Waals surface area (Å²) in [5, 5.41) is 3.59. The molecule has 0 radical (unpaired) electrons. The van der Waals surface area contributed by atoms with E-state index >= 15 is 0 Å². The summed E-state index contributed by atoms with van der Waals surface area (Å²) in [7, 11) is 1.65. The first kappa shape index (κ1) is 13.8. The van der Waals surface area contributed by atoms with Gasteiger partial charge in [0.05, 0.1) is 17.7 Å². The topological polar surface area (TPSA) is 92.1 Å². The minimum Gasteiger partial charge on any atom is -0.397 e. The normalized spacial score (nSPS) is 10.9. The third-order valence-corrected chi connectivity index (χ3v) is 4.81. The van der Waals surface area contributed by atoms with Gasteiger partial charge in [0.1, 0.15) is 15.4 Å². The van der Waals surface area contributed by atoms with Crippen LogP contribution in [-0.4, -0.2) is 27.8 Å². The van der Waals surface area contributed by atoms with E-state index in [2.05, 4.69) is 9.97 Å². The summed E-state index contributed by atoms with van der Waals surface area (Å²) in [6.45, 7) is 0.219. The number of rotatable bonds is 3. The van der Waals surface area contributed by atoms with Crippen LogP contribution in [0, 0.1) is 0 Å². The smallest absolute Gasteiger partial charge is 0.268 e. The van der Waals surface area contributed by atoms with Crippen molar-refractivity contribution in [3.63, 3.8) is 0 Å². The summed E-state index contributed by atoms with van der Waals surface area (Å²) in [5.41, 5.74) is 6.68. The fourth-order valence-electron chi connectivity index (χ4n) is 1.96. The minimum atomic E-state index is -0.185. The average molecular weight is 320 g/mol. The molecule has 108 valence electrons. The molecule has 3 aromatic rings. The molecule has 0 bridgehead atoms. The Morgan fingerprint density at radius 1 is 1.38 bits per heavy atom. The number of carbonyl (C=O) groups is 1. The summed E-state index contributed by atoms with van der Waals surface area (Å²) < 4.78 is 0.593. The Kier molecular flexibility index (Phi) is 3.48. The van der Waals surface area contributed by atoms with E-state index in [0.29, 0.717) is 26.6 Å². The van der Waals surface area contributed by atoms with E-state index in [1.54, 1.807) is 24.6 Å². The number of nitrogen functional groups attached to an aromatic ring is 1. The van der Waals surface area contributed by atoms with Crippen LogP contribution in [0.1, 0.15) is 15.5 Å². The van der Waals surface area contributed by atoms with Crippen molar-refractivity contribution in [1.82, 2.24) is 14.9 Å². The number of nitrogens with zero attached hydrogens (tertiary/aromatic N) is 2. The van der Waals surface area contributed by atoms with Crippen LogP contribution in [0.2, 0.25) is 0 Å². The lowest BCUT2D eigenvalue weighted by molar-refractivity contribution is 0.0787. The first-order chi connectivity index (χ1) is 10.1. The van der Waals surface area contributed by atoms with E-state index in [0.717, 1.165) is 0 Å². The summed E-state index contributed by atoms with van der Waals surface area (Å²) in [5.74, 6) is 0.271. The maximum absolute atomic E-state index is 12.3. The molecule has 0 saturated carbocycles. The molecule has 3 heterocycles. The van der Waals surface area contributed by atoms with Gasteiger partial charge in [0.25, 0.3) is 11.5 Å². The lowest BCUT2D eigenvalue weighted by Gasteiger charge is -2.16. The van der Waals surface area contributed by atoms with Gasteiger partial charge in [-0.25, -0.2) is 4.98 Å². The van der Waals surface area contributed by atoms with Crippen molar-refractivity contribution in [2.24, 2.45) is 0 Å². The molecule has 0 spiro atoms. The number of aromatic nitrogens is 2. The molecule has 1 amide bonds. The van der Waals surface area contributed by atoms with Crippen molar-refractivity contribution in [1.29, 1.82) is 0 Å². The second kappa shape index (κ2) is 5.30. The maximum atomic E-state index is 12.3. The molecule has 0 unspecified atom stereocenters. The predicted octanol–water partition coefficient (Wildman–Crippen LogP) is 1.90. The standard InChI is InChI=1S/C13H12N4O2S2/c1-17(13(19)10-7(14)2-4-20-10)6-9-15-8-3-5-21-11(8)12(18)16-9/h2-5H,6,14H2,1H3,(H,15,16,18). The largest absolute Gasteiger partial charge is 0.397 e. The molecule has 3 aromatic heterocycles. The number of carbonyl (C=O) groups excluding carboxylic acids is 1. The molecule has 0 aromatic carbocycles. The SMILES string of the molecule is CN(Cc1nc2ccsc2c(=O)[nH]1)C(=O)c1sccc1N. The number of aromatic amines is 1. The Hall–Kier alpha value is -2.19. The van der Waals surface area contributed by atoms with Gasteiger partial charge < -0.3 is 15.6 Å². The van der Waals surface area contributed by atoms with Gasteiger partial charge in [0, 0.05) is 7.05 Å². The van der Waals surface area contributed by atoms with Gasteiger partial charge in [-0.2, -0.15) is 0 Å². The highest BCUT2D eigenvalue weighted by atomic mass is 32.1. The molecule has 0 saturated heterocycles. The van der Waals surface area contributed by atoms with Crippen LogP contribution in [0.3, 0.4) is 0 Å². The van der Waals surface area contributed by atoms with Crippen molar-refractivity contribution in [3.05, 3.63) is 43.9 Å². The highest BCUT2D eigenvalue weighted by Crippen LogP contribution is 2.21. The number of nitrogens with two attached hydrogens (primary N) is 1. The Balaban J connectivity index is 1.86. The lowest BCUT2D eigenvalue weighted by Crippen LogP contribution is -2.28. The third kappa shape index (κ3) is 2.55. The van der Waals surface area contributed by atoms with E-state index in [9.17, 15) is 9.59 Å². The quantitative estimate of drug-likeness (QED) is 0.771. The second-order valence-electron chi connectivity index (χ2n) is 4.51. The van der Waals surface area contributed by atoms with E-state index < -0.39 is 0 Å². The molecular formula is C13H12N4O2S2. The summed E-state index contributed by atoms with van der Waals surface area (Å²) in [6, 6.07) is 3.49. The highest BCUT2D eigenvalue weighted by molar-refractivity contribution is 7.17. The van der Waals surface area contributed by atoms with Gasteiger partial charge in [-0.05, 0) is 22.9 Å². The molecule has 0 fully saturated rings.